The second-order valence-corrected chi connectivity index (χ2v) is 3.08. The summed E-state index contributed by atoms with van der Waals surface area (Å²) in [6.07, 6.45) is 1.88. The molecule has 0 heterocycles. The number of rotatable bonds is 6. The molecule has 0 spiro atoms. The Labute approximate surface area is 85.6 Å². The average molecular weight is 191 g/mol. The van der Waals surface area contributed by atoms with Crippen LogP contribution in [-0.2, 0) is 4.74 Å². The summed E-state index contributed by atoms with van der Waals surface area (Å²) >= 11 is 0. The van der Waals surface area contributed by atoms with Crippen molar-refractivity contribution in [3.8, 4) is 0 Å². The summed E-state index contributed by atoms with van der Waals surface area (Å²) in [5.41, 5.74) is 1.20. The van der Waals surface area contributed by atoms with E-state index in [2.05, 4.69) is 24.0 Å². The topological polar surface area (TPSA) is 21.3 Å². The summed E-state index contributed by atoms with van der Waals surface area (Å²) in [5.74, 6) is 0. The van der Waals surface area contributed by atoms with Crippen molar-refractivity contribution in [1.29, 1.82) is 0 Å². The second-order valence-electron chi connectivity index (χ2n) is 3.08. The van der Waals surface area contributed by atoms with E-state index in [1.807, 2.05) is 25.2 Å². The highest BCUT2D eigenvalue weighted by molar-refractivity contribution is 5.17. The molecule has 0 bridgehead atoms. The number of hydrogen-bond donors (Lipinski definition) is 1. The Morgan fingerprint density at radius 1 is 1.43 bits per heavy atom. The van der Waals surface area contributed by atoms with Crippen LogP contribution in [-0.4, -0.2) is 20.2 Å². The lowest BCUT2D eigenvalue weighted by atomic mass is 10.1. The largest absolute Gasteiger partial charge is 0.368 e. The van der Waals surface area contributed by atoms with Crippen molar-refractivity contribution in [3.05, 3.63) is 48.6 Å². The minimum atomic E-state index is 0.110. The zero-order valence-corrected chi connectivity index (χ0v) is 8.57. The summed E-state index contributed by atoms with van der Waals surface area (Å²) in [4.78, 5) is 0. The molecular weight excluding hydrogens is 174 g/mol. The molecule has 0 aliphatic heterocycles. The van der Waals surface area contributed by atoms with Crippen LogP contribution in [0.2, 0.25) is 0 Å². The quantitative estimate of drug-likeness (QED) is 0.696. The van der Waals surface area contributed by atoms with E-state index in [0.29, 0.717) is 6.61 Å². The van der Waals surface area contributed by atoms with E-state index < -0.39 is 0 Å². The Morgan fingerprint density at radius 2 is 2.14 bits per heavy atom. The summed E-state index contributed by atoms with van der Waals surface area (Å²) in [7, 11) is 1.92. The van der Waals surface area contributed by atoms with E-state index in [0.717, 1.165) is 6.54 Å². The van der Waals surface area contributed by atoms with Crippen LogP contribution in [0.4, 0.5) is 0 Å². The summed E-state index contributed by atoms with van der Waals surface area (Å²) < 4.78 is 5.64. The molecule has 1 aromatic rings. The molecule has 0 amide bonds. The molecule has 1 atom stereocenters. The van der Waals surface area contributed by atoms with Crippen molar-refractivity contribution in [2.24, 2.45) is 0 Å². The van der Waals surface area contributed by atoms with Gasteiger partial charge in [-0.25, -0.2) is 0 Å². The van der Waals surface area contributed by atoms with Crippen LogP contribution in [0.15, 0.2) is 43.0 Å². The third kappa shape index (κ3) is 3.32. The van der Waals surface area contributed by atoms with Crippen LogP contribution in [0.1, 0.15) is 11.7 Å². The van der Waals surface area contributed by atoms with Crippen molar-refractivity contribution in [2.75, 3.05) is 20.2 Å². The van der Waals surface area contributed by atoms with Crippen molar-refractivity contribution in [1.82, 2.24) is 5.32 Å². The summed E-state index contributed by atoms with van der Waals surface area (Å²) in [5, 5.41) is 3.12. The average Bonchev–Trinajstić information content (AvgIpc) is 2.25. The van der Waals surface area contributed by atoms with E-state index >= 15 is 0 Å². The van der Waals surface area contributed by atoms with Crippen LogP contribution >= 0.6 is 0 Å². The van der Waals surface area contributed by atoms with Gasteiger partial charge >= 0.3 is 0 Å². The molecule has 0 saturated carbocycles. The number of benzene rings is 1. The summed E-state index contributed by atoms with van der Waals surface area (Å²) in [6.45, 7) is 5.04. The minimum Gasteiger partial charge on any atom is -0.368 e. The Balaban J connectivity index is 2.62. The fraction of sp³-hybridized carbons (Fsp3) is 0.333. The molecule has 2 nitrogen and oxygen atoms in total. The minimum absolute atomic E-state index is 0.110. The van der Waals surface area contributed by atoms with E-state index in [-0.39, 0.29) is 6.10 Å². The van der Waals surface area contributed by atoms with E-state index in [4.69, 9.17) is 4.74 Å². The van der Waals surface area contributed by atoms with Crippen molar-refractivity contribution in [3.63, 3.8) is 0 Å². The number of likely N-dealkylation sites (N-methyl/N-ethyl adjacent to an activating group) is 1. The molecule has 0 radical (unpaired) electrons. The summed E-state index contributed by atoms with van der Waals surface area (Å²) in [6, 6.07) is 10.2. The number of ether oxygens (including phenoxy) is 1. The fourth-order valence-electron chi connectivity index (χ4n) is 1.31. The van der Waals surface area contributed by atoms with Crippen LogP contribution in [0.3, 0.4) is 0 Å². The second kappa shape index (κ2) is 6.35. The highest BCUT2D eigenvalue weighted by atomic mass is 16.5. The molecule has 1 unspecified atom stereocenters. The Morgan fingerprint density at radius 3 is 2.71 bits per heavy atom. The van der Waals surface area contributed by atoms with Gasteiger partial charge < -0.3 is 10.1 Å². The smallest absolute Gasteiger partial charge is 0.0953 e. The molecule has 0 aliphatic carbocycles. The standard InChI is InChI=1S/C12H17NO/c1-3-9-14-12(10-13-2)11-7-5-4-6-8-11/h3-8,12-13H,1,9-10H2,2H3. The molecule has 0 aromatic heterocycles. The molecule has 14 heavy (non-hydrogen) atoms. The maximum absolute atomic E-state index is 5.64. The van der Waals surface area contributed by atoms with Gasteiger partial charge in [-0.3, -0.25) is 0 Å². The van der Waals surface area contributed by atoms with Crippen LogP contribution in [0.25, 0.3) is 0 Å². The Kier molecular flexibility index (Phi) is 4.97. The molecule has 76 valence electrons. The Bertz CT molecular complexity index is 258. The van der Waals surface area contributed by atoms with Crippen LogP contribution in [0.5, 0.6) is 0 Å². The number of nitrogens with one attached hydrogen (secondary N) is 1. The maximum Gasteiger partial charge on any atom is 0.0953 e. The van der Waals surface area contributed by atoms with Gasteiger partial charge in [0.05, 0.1) is 12.7 Å². The van der Waals surface area contributed by atoms with Crippen molar-refractivity contribution in [2.45, 2.75) is 6.10 Å². The molecule has 0 fully saturated rings. The van der Waals surface area contributed by atoms with Gasteiger partial charge in [0.15, 0.2) is 0 Å². The van der Waals surface area contributed by atoms with Crippen molar-refractivity contribution < 1.29 is 4.74 Å². The first-order valence-corrected chi connectivity index (χ1v) is 4.80. The SMILES string of the molecule is C=CCOC(CNC)c1ccccc1. The van der Waals surface area contributed by atoms with Gasteiger partial charge in [0.1, 0.15) is 0 Å². The zero-order chi connectivity index (χ0) is 10.2. The molecule has 0 saturated heterocycles. The molecule has 0 aliphatic rings. The normalized spacial score (nSPS) is 12.4. The van der Waals surface area contributed by atoms with Gasteiger partial charge in [-0.15, -0.1) is 6.58 Å². The van der Waals surface area contributed by atoms with Gasteiger partial charge in [0, 0.05) is 6.54 Å². The third-order valence-corrected chi connectivity index (χ3v) is 1.98. The van der Waals surface area contributed by atoms with E-state index in [9.17, 15) is 0 Å². The van der Waals surface area contributed by atoms with Gasteiger partial charge in [0.2, 0.25) is 0 Å². The van der Waals surface area contributed by atoms with Gasteiger partial charge in [-0.1, -0.05) is 36.4 Å². The first kappa shape index (κ1) is 11.0. The molecule has 1 N–H and O–H groups in total. The molecule has 1 rings (SSSR count). The lowest BCUT2D eigenvalue weighted by Crippen LogP contribution is -2.19. The van der Waals surface area contributed by atoms with Crippen molar-refractivity contribution >= 4 is 0 Å². The van der Waals surface area contributed by atoms with Gasteiger partial charge in [-0.05, 0) is 12.6 Å². The fourth-order valence-corrected chi connectivity index (χ4v) is 1.31. The van der Waals surface area contributed by atoms with Gasteiger partial charge in [-0.2, -0.15) is 0 Å². The first-order valence-electron chi connectivity index (χ1n) is 4.80. The first-order chi connectivity index (χ1) is 6.88. The van der Waals surface area contributed by atoms with Crippen LogP contribution < -0.4 is 5.32 Å². The number of hydrogen-bond acceptors (Lipinski definition) is 2. The highest BCUT2D eigenvalue weighted by Gasteiger charge is 2.08. The molecule has 1 aromatic carbocycles. The zero-order valence-electron chi connectivity index (χ0n) is 8.57. The predicted octanol–water partition coefficient (Wildman–Crippen LogP) is 2.15. The maximum atomic E-state index is 5.64. The Hall–Kier alpha value is -1.12. The molecular formula is C12H17NO. The van der Waals surface area contributed by atoms with Crippen LogP contribution in [0, 0.1) is 0 Å². The highest BCUT2D eigenvalue weighted by Crippen LogP contribution is 2.15. The van der Waals surface area contributed by atoms with Gasteiger partial charge in [0.25, 0.3) is 0 Å². The lowest BCUT2D eigenvalue weighted by Gasteiger charge is -2.16. The monoisotopic (exact) mass is 191 g/mol. The van der Waals surface area contributed by atoms with E-state index in [1.165, 1.54) is 5.56 Å². The lowest BCUT2D eigenvalue weighted by molar-refractivity contribution is 0.0754. The van der Waals surface area contributed by atoms with E-state index in [1.54, 1.807) is 6.08 Å². The molecule has 2 heteroatoms. The third-order valence-electron chi connectivity index (χ3n) is 1.98. The predicted molar refractivity (Wildman–Crippen MR) is 59.3 cm³/mol.